The van der Waals surface area contributed by atoms with Crippen LogP contribution in [0.2, 0.25) is 0 Å². The van der Waals surface area contributed by atoms with E-state index in [0.717, 1.165) is 8.95 Å². The van der Waals surface area contributed by atoms with Gasteiger partial charge in [0.05, 0.1) is 18.9 Å². The molecule has 7 heteroatoms. The van der Waals surface area contributed by atoms with Crippen LogP contribution in [0.15, 0.2) is 21.1 Å². The molecule has 0 unspecified atom stereocenters. The second-order valence-corrected chi connectivity index (χ2v) is 6.31. The zero-order valence-electron chi connectivity index (χ0n) is 9.95. The molecule has 19 heavy (non-hydrogen) atoms. The highest BCUT2D eigenvalue weighted by Crippen LogP contribution is 2.44. The van der Waals surface area contributed by atoms with E-state index < -0.39 is 11.6 Å². The van der Waals surface area contributed by atoms with Crippen LogP contribution < -0.4 is 5.32 Å². The molecular formula is C12H12Br2N2O3. The Balaban J connectivity index is 2.10. The fourth-order valence-corrected chi connectivity index (χ4v) is 3.82. The van der Waals surface area contributed by atoms with Gasteiger partial charge < -0.3 is 15.2 Å². The summed E-state index contributed by atoms with van der Waals surface area (Å²) in [5.74, 6) is -0.414. The summed E-state index contributed by atoms with van der Waals surface area (Å²) in [6.07, 6.45) is 0. The van der Waals surface area contributed by atoms with Crippen molar-refractivity contribution >= 4 is 43.5 Å². The van der Waals surface area contributed by atoms with Gasteiger partial charge in [0, 0.05) is 27.6 Å². The van der Waals surface area contributed by atoms with Crippen molar-refractivity contribution < 1.29 is 14.6 Å². The summed E-state index contributed by atoms with van der Waals surface area (Å²) < 4.78 is 6.82. The molecule has 0 saturated carbocycles. The molecule has 0 aliphatic carbocycles. The number of aliphatic hydroxyl groups is 1. The summed E-state index contributed by atoms with van der Waals surface area (Å²) in [6, 6.07) is 3.61. The Morgan fingerprint density at radius 2 is 2.00 bits per heavy atom. The van der Waals surface area contributed by atoms with E-state index in [4.69, 9.17) is 4.74 Å². The minimum atomic E-state index is -1.62. The van der Waals surface area contributed by atoms with Gasteiger partial charge in [0.2, 0.25) is 5.72 Å². The van der Waals surface area contributed by atoms with Crippen molar-refractivity contribution in [1.82, 2.24) is 4.90 Å². The highest BCUT2D eigenvalue weighted by atomic mass is 79.9. The van der Waals surface area contributed by atoms with Crippen LogP contribution in [-0.4, -0.2) is 42.2 Å². The van der Waals surface area contributed by atoms with Gasteiger partial charge in [-0.05, 0) is 28.1 Å². The molecule has 2 N–H and O–H groups in total. The second kappa shape index (κ2) is 4.82. The van der Waals surface area contributed by atoms with E-state index in [9.17, 15) is 9.90 Å². The van der Waals surface area contributed by atoms with Gasteiger partial charge in [-0.25, -0.2) is 0 Å². The number of rotatable bonds is 1. The molecule has 1 atom stereocenters. The lowest BCUT2D eigenvalue weighted by molar-refractivity contribution is -0.168. The fourth-order valence-electron chi connectivity index (χ4n) is 2.50. The minimum Gasteiger partial charge on any atom is -0.379 e. The molecule has 1 amide bonds. The minimum absolute atomic E-state index is 0.414. The smallest absolute Gasteiger partial charge is 0.277 e. The van der Waals surface area contributed by atoms with Gasteiger partial charge in [-0.3, -0.25) is 9.69 Å². The number of carbonyl (C=O) groups is 1. The molecule has 1 fully saturated rings. The normalized spacial score (nSPS) is 27.2. The standard InChI is InChI=1S/C12H12Br2N2O3/c13-7-5-8-10(9(14)6-7)15-11(17)12(8,18)16-1-3-19-4-2-16/h5-6,18H,1-4H2,(H,15,17)/t12-/m0/s1. The number of carbonyl (C=O) groups excluding carboxylic acids is 1. The zero-order valence-corrected chi connectivity index (χ0v) is 13.1. The number of ether oxygens (including phenoxy) is 1. The Labute approximate surface area is 127 Å². The van der Waals surface area contributed by atoms with Crippen LogP contribution in [-0.2, 0) is 15.3 Å². The van der Waals surface area contributed by atoms with Crippen LogP contribution >= 0.6 is 31.9 Å². The number of amides is 1. The van der Waals surface area contributed by atoms with E-state index in [1.54, 1.807) is 11.0 Å². The first kappa shape index (κ1) is 13.5. The van der Waals surface area contributed by atoms with Crippen molar-refractivity contribution in [3.8, 4) is 0 Å². The average molecular weight is 392 g/mol. The molecule has 102 valence electrons. The van der Waals surface area contributed by atoms with Crippen molar-refractivity contribution in [2.24, 2.45) is 0 Å². The third-order valence-electron chi connectivity index (χ3n) is 3.45. The molecule has 5 nitrogen and oxygen atoms in total. The van der Waals surface area contributed by atoms with Crippen LogP contribution in [0.4, 0.5) is 5.69 Å². The van der Waals surface area contributed by atoms with Gasteiger partial charge in [-0.2, -0.15) is 0 Å². The molecule has 2 aliphatic heterocycles. The van der Waals surface area contributed by atoms with E-state index in [1.165, 1.54) is 0 Å². The number of hydrogen-bond acceptors (Lipinski definition) is 4. The van der Waals surface area contributed by atoms with Crippen molar-refractivity contribution in [2.45, 2.75) is 5.72 Å². The predicted molar refractivity (Wildman–Crippen MR) is 76.8 cm³/mol. The third kappa shape index (κ3) is 2.04. The molecular weight excluding hydrogens is 380 g/mol. The van der Waals surface area contributed by atoms with Gasteiger partial charge in [0.15, 0.2) is 0 Å². The maximum atomic E-state index is 12.2. The predicted octanol–water partition coefficient (Wildman–Crippen LogP) is 1.64. The fraction of sp³-hybridized carbons (Fsp3) is 0.417. The summed E-state index contributed by atoms with van der Waals surface area (Å²) in [7, 11) is 0. The van der Waals surface area contributed by atoms with Crippen LogP contribution in [0.3, 0.4) is 0 Å². The van der Waals surface area contributed by atoms with Crippen LogP contribution in [0.25, 0.3) is 0 Å². The van der Waals surface area contributed by atoms with Gasteiger partial charge >= 0.3 is 0 Å². The second-order valence-electron chi connectivity index (χ2n) is 4.54. The molecule has 0 aromatic heterocycles. The maximum absolute atomic E-state index is 12.2. The number of nitrogens with zero attached hydrogens (tertiary/aromatic N) is 1. The number of anilines is 1. The Bertz CT molecular complexity index is 546. The van der Waals surface area contributed by atoms with Crippen molar-refractivity contribution in [3.63, 3.8) is 0 Å². The Hall–Kier alpha value is -0.470. The molecule has 1 aromatic carbocycles. The van der Waals surface area contributed by atoms with Gasteiger partial charge in [-0.1, -0.05) is 15.9 Å². The number of morpholine rings is 1. The lowest BCUT2D eigenvalue weighted by Crippen LogP contribution is -2.55. The van der Waals surface area contributed by atoms with Crippen molar-refractivity contribution in [1.29, 1.82) is 0 Å². The summed E-state index contributed by atoms with van der Waals surface area (Å²) in [5.41, 5.74) is -0.423. The van der Waals surface area contributed by atoms with Gasteiger partial charge in [0.25, 0.3) is 5.91 Å². The average Bonchev–Trinajstić information content (AvgIpc) is 2.66. The number of nitrogens with one attached hydrogen (secondary N) is 1. The number of fused-ring (bicyclic) bond motifs is 1. The molecule has 2 aliphatic rings. The Morgan fingerprint density at radius 1 is 1.32 bits per heavy atom. The Morgan fingerprint density at radius 3 is 2.68 bits per heavy atom. The van der Waals surface area contributed by atoms with E-state index in [0.29, 0.717) is 37.6 Å². The first-order chi connectivity index (χ1) is 9.03. The van der Waals surface area contributed by atoms with E-state index in [1.807, 2.05) is 6.07 Å². The topological polar surface area (TPSA) is 61.8 Å². The first-order valence-corrected chi connectivity index (χ1v) is 7.48. The maximum Gasteiger partial charge on any atom is 0.277 e. The molecule has 0 spiro atoms. The number of benzene rings is 1. The lowest BCUT2D eigenvalue weighted by atomic mass is 10.0. The van der Waals surface area contributed by atoms with Gasteiger partial charge in [-0.15, -0.1) is 0 Å². The van der Waals surface area contributed by atoms with Crippen molar-refractivity contribution in [2.75, 3.05) is 31.6 Å². The lowest BCUT2D eigenvalue weighted by Gasteiger charge is -2.37. The first-order valence-electron chi connectivity index (χ1n) is 5.89. The van der Waals surface area contributed by atoms with E-state index in [2.05, 4.69) is 37.2 Å². The summed E-state index contributed by atoms with van der Waals surface area (Å²) in [4.78, 5) is 14.0. The summed E-state index contributed by atoms with van der Waals surface area (Å²) in [5, 5.41) is 13.6. The number of halogens is 2. The number of hydrogen-bond donors (Lipinski definition) is 2. The third-order valence-corrected chi connectivity index (χ3v) is 4.54. The molecule has 0 bridgehead atoms. The SMILES string of the molecule is O=C1Nc2c(Br)cc(Br)cc2[C@@]1(O)N1CCOCC1. The molecule has 1 aromatic rings. The van der Waals surface area contributed by atoms with Crippen LogP contribution in [0, 0.1) is 0 Å². The molecule has 1 saturated heterocycles. The Kier molecular flexibility index (Phi) is 3.43. The highest BCUT2D eigenvalue weighted by Gasteiger charge is 2.51. The molecule has 3 rings (SSSR count). The van der Waals surface area contributed by atoms with E-state index >= 15 is 0 Å². The largest absolute Gasteiger partial charge is 0.379 e. The quantitative estimate of drug-likeness (QED) is 0.763. The molecule has 2 heterocycles. The highest BCUT2D eigenvalue weighted by molar-refractivity contribution is 9.11. The summed E-state index contributed by atoms with van der Waals surface area (Å²) >= 11 is 6.79. The zero-order chi connectivity index (χ0) is 13.6. The summed E-state index contributed by atoms with van der Waals surface area (Å²) in [6.45, 7) is 2.07. The molecule has 0 radical (unpaired) electrons. The monoisotopic (exact) mass is 390 g/mol. The van der Waals surface area contributed by atoms with E-state index in [-0.39, 0.29) is 0 Å². The van der Waals surface area contributed by atoms with Crippen molar-refractivity contribution in [3.05, 3.63) is 26.6 Å². The van der Waals surface area contributed by atoms with Gasteiger partial charge in [0.1, 0.15) is 0 Å². The van der Waals surface area contributed by atoms with Crippen LogP contribution in [0.1, 0.15) is 5.56 Å². The van der Waals surface area contributed by atoms with Crippen LogP contribution in [0.5, 0.6) is 0 Å².